The highest BCUT2D eigenvalue weighted by molar-refractivity contribution is 6.06. The van der Waals surface area contributed by atoms with Gasteiger partial charge in [0.25, 0.3) is 0 Å². The summed E-state index contributed by atoms with van der Waals surface area (Å²) in [7, 11) is 1.63. The molecule has 0 fully saturated rings. The summed E-state index contributed by atoms with van der Waals surface area (Å²) in [6, 6.07) is 8.52. The van der Waals surface area contributed by atoms with Crippen molar-refractivity contribution in [2.24, 2.45) is 17.9 Å². The molecule has 0 saturated carbocycles. The number of urea groups is 1. The van der Waals surface area contributed by atoms with Crippen molar-refractivity contribution in [2.75, 3.05) is 10.6 Å². The first-order valence-corrected chi connectivity index (χ1v) is 5.74. The Kier molecular flexibility index (Phi) is 3.85. The Hall–Kier alpha value is -3.03. The van der Waals surface area contributed by atoms with Crippen LogP contribution in [-0.4, -0.2) is 26.9 Å². The van der Waals surface area contributed by atoms with Crippen molar-refractivity contribution in [3.63, 3.8) is 0 Å². The minimum atomic E-state index is -0.452. The van der Waals surface area contributed by atoms with Crippen LogP contribution in [0.2, 0.25) is 0 Å². The van der Waals surface area contributed by atoms with Gasteiger partial charge < -0.3 is 16.3 Å². The zero-order valence-corrected chi connectivity index (χ0v) is 10.7. The highest BCUT2D eigenvalue weighted by Crippen LogP contribution is 2.14. The number of para-hydroxylation sites is 1. The number of nitrogens with one attached hydrogen (secondary N) is 2. The second-order valence-corrected chi connectivity index (χ2v) is 3.96. The molecule has 0 saturated heterocycles. The maximum atomic E-state index is 11.9. The first kappa shape index (κ1) is 13.4. The summed E-state index contributed by atoms with van der Waals surface area (Å²) >= 11 is 0. The lowest BCUT2D eigenvalue weighted by Gasteiger charge is -2.09. The molecular weight excluding hydrogens is 260 g/mol. The predicted molar refractivity (Wildman–Crippen MR) is 74.8 cm³/mol. The summed E-state index contributed by atoms with van der Waals surface area (Å²) in [6.07, 6.45) is 1.40. The Morgan fingerprint density at radius 3 is 2.70 bits per heavy atom. The quantitative estimate of drug-likeness (QED) is 0.291. The van der Waals surface area contributed by atoms with Crippen LogP contribution in [-0.2, 0) is 7.05 Å². The largest absolute Gasteiger partial charge is 0.409 e. The van der Waals surface area contributed by atoms with Crippen LogP contribution < -0.4 is 16.4 Å². The monoisotopic (exact) mass is 274 g/mol. The maximum absolute atomic E-state index is 11.9. The van der Waals surface area contributed by atoms with Gasteiger partial charge in [-0.25, -0.2) is 4.79 Å². The average Bonchev–Trinajstić information content (AvgIpc) is 2.80. The first-order valence-electron chi connectivity index (χ1n) is 5.74. The number of aromatic nitrogens is 2. The van der Waals surface area contributed by atoms with Gasteiger partial charge in [-0.2, -0.15) is 5.10 Å². The van der Waals surface area contributed by atoms with Gasteiger partial charge in [-0.1, -0.05) is 23.4 Å². The second-order valence-electron chi connectivity index (χ2n) is 3.96. The molecule has 2 rings (SSSR count). The van der Waals surface area contributed by atoms with Crippen LogP contribution in [0, 0.1) is 0 Å². The molecular formula is C12H14N6O2. The molecule has 0 spiro atoms. The van der Waals surface area contributed by atoms with Gasteiger partial charge in [-0.3, -0.25) is 10.00 Å². The van der Waals surface area contributed by atoms with Gasteiger partial charge in [0.05, 0.1) is 11.8 Å². The molecule has 2 aromatic rings. The third-order valence-corrected chi connectivity index (χ3v) is 2.59. The molecule has 8 heteroatoms. The molecule has 0 radical (unpaired) electrons. The van der Waals surface area contributed by atoms with E-state index in [1.165, 1.54) is 10.9 Å². The van der Waals surface area contributed by atoms with Crippen molar-refractivity contribution in [2.45, 2.75) is 0 Å². The fourth-order valence-corrected chi connectivity index (χ4v) is 1.62. The Morgan fingerprint density at radius 1 is 1.35 bits per heavy atom. The molecule has 5 N–H and O–H groups in total. The minimum absolute atomic E-state index is 0.131. The number of oxime groups is 1. The van der Waals surface area contributed by atoms with E-state index in [9.17, 15) is 4.79 Å². The fourth-order valence-electron chi connectivity index (χ4n) is 1.62. The molecule has 1 heterocycles. The first-order chi connectivity index (χ1) is 9.61. The third kappa shape index (κ3) is 2.86. The number of amides is 2. The standard InChI is InChI=1S/C12H14N6O2/c1-18-11(9(7-14-18)10(13)17-20)16-12(19)15-8-5-3-2-4-6-8/h2-7,20H,1H3,(H2,13,17)(H2,15,16,19). The van der Waals surface area contributed by atoms with Crippen molar-refractivity contribution < 1.29 is 10.0 Å². The summed E-state index contributed by atoms with van der Waals surface area (Å²) in [5.74, 6) is 0.196. The molecule has 20 heavy (non-hydrogen) atoms. The molecule has 1 aromatic heterocycles. The lowest BCUT2D eigenvalue weighted by Crippen LogP contribution is -2.23. The van der Waals surface area contributed by atoms with Crippen LogP contribution in [0.4, 0.5) is 16.3 Å². The van der Waals surface area contributed by atoms with E-state index in [-0.39, 0.29) is 5.84 Å². The topological polar surface area (TPSA) is 118 Å². The summed E-state index contributed by atoms with van der Waals surface area (Å²) in [5, 5.41) is 20.8. The maximum Gasteiger partial charge on any atom is 0.324 e. The van der Waals surface area contributed by atoms with Gasteiger partial charge in [0.1, 0.15) is 5.82 Å². The number of nitrogens with zero attached hydrogens (tertiary/aromatic N) is 3. The Bertz CT molecular complexity index is 635. The second kappa shape index (κ2) is 5.74. The Balaban J connectivity index is 2.14. The summed E-state index contributed by atoms with van der Waals surface area (Å²) in [4.78, 5) is 11.9. The van der Waals surface area contributed by atoms with Gasteiger partial charge >= 0.3 is 6.03 Å². The molecule has 0 atom stereocenters. The zero-order chi connectivity index (χ0) is 14.5. The molecule has 0 unspecified atom stereocenters. The van der Waals surface area contributed by atoms with Gasteiger partial charge in [0, 0.05) is 12.7 Å². The van der Waals surface area contributed by atoms with E-state index < -0.39 is 6.03 Å². The van der Waals surface area contributed by atoms with Crippen LogP contribution in [0.15, 0.2) is 41.7 Å². The van der Waals surface area contributed by atoms with Gasteiger partial charge in [0.2, 0.25) is 0 Å². The van der Waals surface area contributed by atoms with Crippen molar-refractivity contribution in [3.8, 4) is 0 Å². The number of nitrogens with two attached hydrogens (primary N) is 1. The van der Waals surface area contributed by atoms with Crippen LogP contribution in [0.25, 0.3) is 0 Å². The Labute approximate surface area is 114 Å². The van der Waals surface area contributed by atoms with E-state index in [1.807, 2.05) is 18.2 Å². The predicted octanol–water partition coefficient (Wildman–Crippen LogP) is 1.16. The molecule has 0 aliphatic carbocycles. The number of carbonyl (C=O) groups excluding carboxylic acids is 1. The van der Waals surface area contributed by atoms with Crippen molar-refractivity contribution >= 4 is 23.4 Å². The lowest BCUT2D eigenvalue weighted by molar-refractivity contribution is 0.262. The van der Waals surface area contributed by atoms with Crippen molar-refractivity contribution in [1.82, 2.24) is 9.78 Å². The number of benzene rings is 1. The van der Waals surface area contributed by atoms with Crippen LogP contribution >= 0.6 is 0 Å². The van der Waals surface area contributed by atoms with Gasteiger partial charge in [0.15, 0.2) is 5.84 Å². The van der Waals surface area contributed by atoms with Crippen LogP contribution in [0.5, 0.6) is 0 Å². The van der Waals surface area contributed by atoms with Crippen molar-refractivity contribution in [1.29, 1.82) is 0 Å². The zero-order valence-electron chi connectivity index (χ0n) is 10.7. The smallest absolute Gasteiger partial charge is 0.324 e. The summed E-state index contributed by atoms with van der Waals surface area (Å²) < 4.78 is 1.41. The number of amidine groups is 1. The third-order valence-electron chi connectivity index (χ3n) is 2.59. The van der Waals surface area contributed by atoms with E-state index in [0.717, 1.165) is 0 Å². The number of carbonyl (C=O) groups is 1. The number of rotatable bonds is 3. The van der Waals surface area contributed by atoms with E-state index in [4.69, 9.17) is 10.9 Å². The highest BCUT2D eigenvalue weighted by Gasteiger charge is 2.15. The van der Waals surface area contributed by atoms with E-state index in [1.54, 1.807) is 19.2 Å². The number of hydrogen-bond acceptors (Lipinski definition) is 4. The number of hydrogen-bond donors (Lipinski definition) is 4. The summed E-state index contributed by atoms with van der Waals surface area (Å²) in [5.41, 5.74) is 6.49. The summed E-state index contributed by atoms with van der Waals surface area (Å²) in [6.45, 7) is 0. The van der Waals surface area contributed by atoms with E-state index in [2.05, 4.69) is 20.9 Å². The fraction of sp³-hybridized carbons (Fsp3) is 0.0833. The highest BCUT2D eigenvalue weighted by atomic mass is 16.4. The van der Waals surface area contributed by atoms with Gasteiger partial charge in [-0.05, 0) is 12.1 Å². The molecule has 2 amide bonds. The lowest BCUT2D eigenvalue weighted by atomic mass is 10.3. The Morgan fingerprint density at radius 2 is 2.05 bits per heavy atom. The van der Waals surface area contributed by atoms with Crippen LogP contribution in [0.1, 0.15) is 5.56 Å². The molecule has 104 valence electrons. The molecule has 0 aliphatic rings. The SMILES string of the molecule is Cn1ncc(C(N)=NO)c1NC(=O)Nc1ccccc1. The molecule has 0 aliphatic heterocycles. The normalized spacial score (nSPS) is 11.2. The van der Waals surface area contributed by atoms with Crippen molar-refractivity contribution in [3.05, 3.63) is 42.1 Å². The number of anilines is 2. The minimum Gasteiger partial charge on any atom is -0.409 e. The van der Waals surface area contributed by atoms with E-state index in [0.29, 0.717) is 17.1 Å². The average molecular weight is 274 g/mol. The van der Waals surface area contributed by atoms with E-state index >= 15 is 0 Å². The van der Waals surface area contributed by atoms with Crippen LogP contribution in [0.3, 0.4) is 0 Å². The number of aryl methyl sites for hydroxylation is 1. The van der Waals surface area contributed by atoms with Gasteiger partial charge in [-0.15, -0.1) is 0 Å². The molecule has 0 bridgehead atoms. The molecule has 1 aromatic carbocycles. The molecule has 8 nitrogen and oxygen atoms in total.